The Morgan fingerprint density at radius 2 is 1.78 bits per heavy atom. The number of benzene rings is 2. The molecule has 0 radical (unpaired) electrons. The first-order valence-electron chi connectivity index (χ1n) is 10.0. The first-order valence-corrected chi connectivity index (χ1v) is 10.8. The molecule has 2 aliphatic heterocycles. The molecule has 0 aliphatic carbocycles. The van der Waals surface area contributed by atoms with Gasteiger partial charge in [-0.3, -0.25) is 14.9 Å². The Hall–Kier alpha value is -2.94. The first-order chi connectivity index (χ1) is 15.2. The summed E-state index contributed by atoms with van der Waals surface area (Å²) in [5.74, 6) is -0.341. The smallest absolute Gasteiger partial charge is 0.293 e. The quantitative estimate of drug-likeness (QED) is 0.371. The molecule has 1 amide bonds. The van der Waals surface area contributed by atoms with Gasteiger partial charge < -0.3 is 9.80 Å². The Morgan fingerprint density at radius 1 is 1.06 bits per heavy atom. The van der Waals surface area contributed by atoms with E-state index in [9.17, 15) is 14.9 Å². The van der Waals surface area contributed by atoms with Gasteiger partial charge in [0.15, 0.2) is 0 Å². The number of hydrogen-bond donors (Lipinski definition) is 0. The lowest BCUT2D eigenvalue weighted by Gasteiger charge is -2.33. The van der Waals surface area contributed by atoms with Gasteiger partial charge in [-0.2, -0.15) is 10.1 Å². The summed E-state index contributed by atoms with van der Waals surface area (Å²) in [5.41, 5.74) is 2.52. The minimum Gasteiger partial charge on any atom is -0.363 e. The minimum atomic E-state index is -0.380. The van der Waals surface area contributed by atoms with Crippen molar-refractivity contribution in [3.05, 3.63) is 67.7 Å². The average Bonchev–Trinajstić information content (AvgIpc) is 3.04. The molecule has 0 spiro atoms. The molecule has 1 saturated heterocycles. The monoisotopic (exact) mass is 473 g/mol. The van der Waals surface area contributed by atoms with Crippen molar-refractivity contribution in [1.82, 2.24) is 4.90 Å². The zero-order valence-corrected chi connectivity index (χ0v) is 19.1. The Labute approximate surface area is 195 Å². The van der Waals surface area contributed by atoms with E-state index in [0.717, 1.165) is 26.2 Å². The fourth-order valence-electron chi connectivity index (χ4n) is 3.73. The first kappa shape index (κ1) is 22.3. The number of carbonyl (C=O) groups excluding carboxylic acids is 1. The molecule has 0 atom stereocenters. The highest BCUT2D eigenvalue weighted by Gasteiger charge is 2.30. The number of hydrogen-bond acceptors (Lipinski definition) is 6. The second-order valence-electron chi connectivity index (χ2n) is 7.75. The summed E-state index contributed by atoms with van der Waals surface area (Å²) in [6, 6.07) is 9.86. The van der Waals surface area contributed by atoms with Crippen LogP contribution in [0.3, 0.4) is 0 Å². The third kappa shape index (κ3) is 4.34. The predicted molar refractivity (Wildman–Crippen MR) is 128 cm³/mol. The molecule has 0 aromatic heterocycles. The number of nitrogens with zero attached hydrogens (tertiary/aromatic N) is 5. The molecular weight excluding hydrogens is 453 g/mol. The van der Waals surface area contributed by atoms with Gasteiger partial charge in [0.1, 0.15) is 5.69 Å². The van der Waals surface area contributed by atoms with Crippen molar-refractivity contribution in [3.8, 4) is 0 Å². The normalized spacial score (nSPS) is 18.4. The largest absolute Gasteiger partial charge is 0.363 e. The van der Waals surface area contributed by atoms with Gasteiger partial charge in [-0.05, 0) is 49.9 Å². The van der Waals surface area contributed by atoms with Crippen LogP contribution < -0.4 is 9.91 Å². The lowest BCUT2D eigenvalue weighted by molar-refractivity contribution is -0.384. The molecule has 0 bridgehead atoms. The van der Waals surface area contributed by atoms with Crippen LogP contribution in [-0.4, -0.2) is 54.7 Å². The molecule has 166 valence electrons. The number of amides is 1. The molecule has 32 heavy (non-hydrogen) atoms. The van der Waals surface area contributed by atoms with E-state index in [1.165, 1.54) is 11.1 Å². The van der Waals surface area contributed by atoms with Crippen molar-refractivity contribution < 1.29 is 9.72 Å². The van der Waals surface area contributed by atoms with E-state index in [-0.39, 0.29) is 16.5 Å². The van der Waals surface area contributed by atoms with Crippen molar-refractivity contribution in [2.75, 3.05) is 43.1 Å². The second kappa shape index (κ2) is 8.90. The van der Waals surface area contributed by atoms with E-state index in [2.05, 4.69) is 10.0 Å². The van der Waals surface area contributed by atoms with E-state index in [1.807, 2.05) is 11.9 Å². The van der Waals surface area contributed by atoms with Gasteiger partial charge in [-0.15, -0.1) is 0 Å². The third-order valence-corrected chi connectivity index (χ3v) is 6.30. The highest BCUT2D eigenvalue weighted by Crippen LogP contribution is 2.33. The lowest BCUT2D eigenvalue weighted by Crippen LogP contribution is -2.44. The maximum atomic E-state index is 13.0. The van der Waals surface area contributed by atoms with Gasteiger partial charge in [-0.1, -0.05) is 29.3 Å². The van der Waals surface area contributed by atoms with Crippen LogP contribution in [0.5, 0.6) is 0 Å². The molecule has 2 heterocycles. The van der Waals surface area contributed by atoms with E-state index in [1.54, 1.807) is 43.3 Å². The maximum absolute atomic E-state index is 13.0. The number of rotatable bonds is 4. The fourth-order valence-corrected chi connectivity index (χ4v) is 4.03. The number of nitro benzene ring substituents is 1. The molecule has 0 unspecified atom stereocenters. The molecule has 10 heteroatoms. The minimum absolute atomic E-state index is 0.0188. The number of likely N-dealkylation sites (N-methyl/N-ethyl adjacent to an activating group) is 1. The van der Waals surface area contributed by atoms with Gasteiger partial charge in [0.25, 0.3) is 11.6 Å². The van der Waals surface area contributed by atoms with Crippen molar-refractivity contribution in [2.45, 2.75) is 6.92 Å². The third-order valence-electron chi connectivity index (χ3n) is 5.56. The van der Waals surface area contributed by atoms with Crippen LogP contribution in [0, 0.1) is 10.1 Å². The summed E-state index contributed by atoms with van der Waals surface area (Å²) in [6.07, 6.45) is 1.62. The van der Waals surface area contributed by atoms with E-state index < -0.39 is 0 Å². The maximum Gasteiger partial charge on any atom is 0.293 e. The molecule has 1 fully saturated rings. The van der Waals surface area contributed by atoms with Crippen LogP contribution in [0.15, 0.2) is 47.1 Å². The van der Waals surface area contributed by atoms with Gasteiger partial charge in [0.2, 0.25) is 0 Å². The SMILES string of the molecule is CC1=NN(c2ccc(Cl)c(Cl)c2)C(=O)/C1=C\c1ccc(N2CCN(C)CC2)c([N+](=O)[O-])c1. The summed E-state index contributed by atoms with van der Waals surface area (Å²) in [6.45, 7) is 4.85. The number of halogens is 2. The summed E-state index contributed by atoms with van der Waals surface area (Å²) in [5, 5.41) is 18.0. The topological polar surface area (TPSA) is 82.3 Å². The van der Waals surface area contributed by atoms with Crippen molar-refractivity contribution in [3.63, 3.8) is 0 Å². The number of piperazine rings is 1. The van der Waals surface area contributed by atoms with Gasteiger partial charge in [0, 0.05) is 32.2 Å². The molecule has 0 N–H and O–H groups in total. The van der Waals surface area contributed by atoms with Crippen LogP contribution >= 0.6 is 23.2 Å². The van der Waals surface area contributed by atoms with Crippen LogP contribution in [0.2, 0.25) is 10.0 Å². The van der Waals surface area contributed by atoms with Crippen molar-refractivity contribution in [1.29, 1.82) is 0 Å². The molecule has 0 saturated carbocycles. The Bertz CT molecular complexity index is 1160. The van der Waals surface area contributed by atoms with Crippen molar-refractivity contribution >= 4 is 58.0 Å². The van der Waals surface area contributed by atoms with E-state index in [0.29, 0.717) is 38.3 Å². The summed E-state index contributed by atoms with van der Waals surface area (Å²) in [7, 11) is 2.03. The average molecular weight is 474 g/mol. The highest BCUT2D eigenvalue weighted by atomic mass is 35.5. The number of carbonyl (C=O) groups is 1. The number of anilines is 2. The zero-order chi connectivity index (χ0) is 23.0. The van der Waals surface area contributed by atoms with Crippen LogP contribution in [0.1, 0.15) is 12.5 Å². The van der Waals surface area contributed by atoms with E-state index >= 15 is 0 Å². The standard InChI is InChI=1S/C22H21Cl2N5O3/c1-14-17(22(30)28(25-14)16-4-5-18(23)19(24)13-16)11-15-3-6-20(21(12-15)29(31)32)27-9-7-26(2)8-10-27/h3-6,11-13H,7-10H2,1-2H3/b17-11-. The molecule has 2 aromatic rings. The van der Waals surface area contributed by atoms with Crippen LogP contribution in [0.4, 0.5) is 17.1 Å². The Morgan fingerprint density at radius 3 is 2.44 bits per heavy atom. The van der Waals surface area contributed by atoms with E-state index in [4.69, 9.17) is 23.2 Å². The summed E-state index contributed by atoms with van der Waals surface area (Å²) in [4.78, 5) is 28.6. The summed E-state index contributed by atoms with van der Waals surface area (Å²) < 4.78 is 0. The predicted octanol–water partition coefficient (Wildman–Crippen LogP) is 4.46. The van der Waals surface area contributed by atoms with Crippen LogP contribution in [0.25, 0.3) is 6.08 Å². The number of nitro groups is 1. The van der Waals surface area contributed by atoms with Crippen molar-refractivity contribution in [2.24, 2.45) is 5.10 Å². The zero-order valence-electron chi connectivity index (χ0n) is 17.6. The Kier molecular flexibility index (Phi) is 6.19. The molecule has 4 rings (SSSR count). The molecule has 8 nitrogen and oxygen atoms in total. The molecular formula is C22H21Cl2N5O3. The molecule has 2 aliphatic rings. The lowest BCUT2D eigenvalue weighted by atomic mass is 10.1. The number of hydrazone groups is 1. The van der Waals surface area contributed by atoms with Gasteiger partial charge in [-0.25, -0.2) is 0 Å². The molecule has 2 aromatic carbocycles. The fraction of sp³-hybridized carbons (Fsp3) is 0.273. The van der Waals surface area contributed by atoms with Gasteiger partial charge in [0.05, 0.1) is 31.9 Å². The Balaban J connectivity index is 1.64. The van der Waals surface area contributed by atoms with Crippen LogP contribution in [-0.2, 0) is 4.79 Å². The second-order valence-corrected chi connectivity index (χ2v) is 8.57. The highest BCUT2D eigenvalue weighted by molar-refractivity contribution is 6.42. The summed E-state index contributed by atoms with van der Waals surface area (Å²) >= 11 is 12.0. The van der Waals surface area contributed by atoms with Gasteiger partial charge >= 0.3 is 0 Å².